The van der Waals surface area contributed by atoms with Gasteiger partial charge in [-0.2, -0.15) is 0 Å². The van der Waals surface area contributed by atoms with Crippen molar-refractivity contribution in [3.8, 4) is 16.9 Å². The lowest BCUT2D eigenvalue weighted by Gasteiger charge is -2.62. The Morgan fingerprint density at radius 3 is 2.54 bits per heavy atom. The van der Waals surface area contributed by atoms with Gasteiger partial charge in [0, 0.05) is 41.6 Å². The molecule has 4 aliphatic carbocycles. The number of fused-ring (bicyclic) bond motifs is 1. The Labute approximate surface area is 204 Å². The van der Waals surface area contributed by atoms with E-state index in [0.717, 1.165) is 54.9 Å². The second kappa shape index (κ2) is 7.36. The lowest BCUT2D eigenvalue weighted by molar-refractivity contribution is -0.210. The molecule has 2 heterocycles. The van der Waals surface area contributed by atoms with Crippen molar-refractivity contribution in [2.24, 2.45) is 24.8 Å². The molecular weight excluding hydrogens is 466 g/mol. The molecule has 4 saturated carbocycles. The number of H-pyrrole nitrogens is 1. The van der Waals surface area contributed by atoms with E-state index in [2.05, 4.69) is 9.71 Å². The quantitative estimate of drug-likeness (QED) is 0.498. The van der Waals surface area contributed by atoms with E-state index in [1.165, 1.54) is 4.57 Å². The summed E-state index contributed by atoms with van der Waals surface area (Å²) in [5.41, 5.74) is 1.30. The van der Waals surface area contributed by atoms with Crippen LogP contribution in [0.3, 0.4) is 0 Å². The fourth-order valence-corrected chi connectivity index (χ4v) is 7.64. The standard InChI is InChI=1S/C26H31N3O5S/c1-25(31)16-8-15-9-17(25)13-26(11-15,12-16)34-22-5-4-18(28-35(3,32)33)10-20(22)21-14-29(2)24(30)23-19(21)6-7-27-23/h4-7,10,14-17,27-28,31H,8-9,11-13H2,1-3H3. The van der Waals surface area contributed by atoms with Gasteiger partial charge in [0.15, 0.2) is 0 Å². The molecular formula is C26H31N3O5S. The third-order valence-corrected chi connectivity index (χ3v) is 9.19. The molecule has 8 nitrogen and oxygen atoms in total. The molecule has 1 aromatic carbocycles. The Bertz CT molecular complexity index is 1480. The number of nitrogens with zero attached hydrogens (tertiary/aromatic N) is 1. The van der Waals surface area contributed by atoms with Crippen LogP contribution in [0.5, 0.6) is 5.75 Å². The number of hydrogen-bond acceptors (Lipinski definition) is 5. The topological polar surface area (TPSA) is 113 Å². The van der Waals surface area contributed by atoms with Gasteiger partial charge in [0.1, 0.15) is 16.9 Å². The SMILES string of the molecule is Cn1cc(-c2cc(NS(C)(=O)=O)ccc2OC23CC4CC(C2)C(C)(O)C(C4)C3)c2cc[nH]c2c1=O. The summed E-state index contributed by atoms with van der Waals surface area (Å²) in [5.74, 6) is 1.65. The van der Waals surface area contributed by atoms with Gasteiger partial charge in [-0.25, -0.2) is 8.42 Å². The first kappa shape index (κ1) is 22.7. The number of hydrogen-bond donors (Lipinski definition) is 3. The minimum atomic E-state index is -3.47. The molecule has 0 radical (unpaired) electrons. The normalized spacial score (nSPS) is 31.7. The Morgan fingerprint density at radius 2 is 1.86 bits per heavy atom. The second-order valence-electron chi connectivity index (χ2n) is 11.2. The number of aromatic nitrogens is 2. The number of aliphatic hydroxyl groups is 1. The molecule has 35 heavy (non-hydrogen) atoms. The molecule has 4 aliphatic rings. The summed E-state index contributed by atoms with van der Waals surface area (Å²) >= 11 is 0. The number of sulfonamides is 1. The van der Waals surface area contributed by atoms with Crippen molar-refractivity contribution in [1.82, 2.24) is 9.55 Å². The number of aryl methyl sites for hydroxylation is 1. The largest absolute Gasteiger partial charge is 0.487 e. The van der Waals surface area contributed by atoms with Gasteiger partial charge in [0.2, 0.25) is 10.0 Å². The molecule has 4 bridgehead atoms. The highest BCUT2D eigenvalue weighted by molar-refractivity contribution is 7.92. The van der Waals surface area contributed by atoms with Gasteiger partial charge >= 0.3 is 0 Å². The summed E-state index contributed by atoms with van der Waals surface area (Å²) in [6.07, 6.45) is 9.30. The average molecular weight is 498 g/mol. The molecule has 2 atom stereocenters. The van der Waals surface area contributed by atoms with E-state index in [-0.39, 0.29) is 23.0 Å². The minimum Gasteiger partial charge on any atom is -0.487 e. The maximum absolute atomic E-state index is 12.7. The molecule has 186 valence electrons. The van der Waals surface area contributed by atoms with Gasteiger partial charge < -0.3 is 19.4 Å². The van der Waals surface area contributed by atoms with Crippen LogP contribution in [-0.2, 0) is 17.1 Å². The first-order chi connectivity index (χ1) is 16.4. The number of benzene rings is 1. The fraction of sp³-hybridized carbons (Fsp3) is 0.500. The number of rotatable bonds is 5. The Balaban J connectivity index is 1.48. The smallest absolute Gasteiger partial charge is 0.274 e. The van der Waals surface area contributed by atoms with Crippen LogP contribution >= 0.6 is 0 Å². The zero-order valence-corrected chi connectivity index (χ0v) is 21.0. The summed E-state index contributed by atoms with van der Waals surface area (Å²) in [7, 11) is -1.77. The Hall–Kier alpha value is -2.78. The molecule has 2 aromatic heterocycles. The molecule has 0 amide bonds. The van der Waals surface area contributed by atoms with Crippen molar-refractivity contribution in [2.45, 2.75) is 50.2 Å². The highest BCUT2D eigenvalue weighted by atomic mass is 32.2. The highest BCUT2D eigenvalue weighted by Gasteiger charge is 2.61. The van der Waals surface area contributed by atoms with E-state index < -0.39 is 15.6 Å². The maximum atomic E-state index is 12.7. The molecule has 3 N–H and O–H groups in total. The maximum Gasteiger partial charge on any atom is 0.274 e. The van der Waals surface area contributed by atoms with Crippen LogP contribution in [0, 0.1) is 17.8 Å². The predicted octanol–water partition coefficient (Wildman–Crippen LogP) is 3.61. The molecule has 4 fully saturated rings. The number of ether oxygens (including phenoxy) is 1. The van der Waals surface area contributed by atoms with E-state index in [0.29, 0.717) is 22.9 Å². The third kappa shape index (κ3) is 3.67. The highest BCUT2D eigenvalue weighted by Crippen LogP contribution is 2.61. The molecule has 0 saturated heterocycles. The van der Waals surface area contributed by atoms with E-state index in [4.69, 9.17) is 4.74 Å². The van der Waals surface area contributed by atoms with Crippen molar-refractivity contribution in [3.05, 3.63) is 47.0 Å². The molecule has 7 rings (SSSR count). The van der Waals surface area contributed by atoms with Gasteiger partial charge in [0.25, 0.3) is 5.56 Å². The number of aromatic amines is 1. The molecule has 3 aromatic rings. The summed E-state index contributed by atoms with van der Waals surface area (Å²) in [5, 5.41) is 11.9. The monoisotopic (exact) mass is 497 g/mol. The van der Waals surface area contributed by atoms with Crippen LogP contribution in [0.4, 0.5) is 5.69 Å². The number of pyridine rings is 1. The van der Waals surface area contributed by atoms with E-state index in [1.54, 1.807) is 31.6 Å². The lowest BCUT2D eigenvalue weighted by Crippen LogP contribution is -2.64. The first-order valence-electron chi connectivity index (χ1n) is 12.1. The first-order valence-corrected chi connectivity index (χ1v) is 14.0. The number of nitrogens with one attached hydrogen (secondary N) is 2. The van der Waals surface area contributed by atoms with Crippen LogP contribution in [0.1, 0.15) is 39.0 Å². The summed E-state index contributed by atoms with van der Waals surface area (Å²) in [4.78, 5) is 15.7. The Morgan fingerprint density at radius 1 is 1.14 bits per heavy atom. The lowest BCUT2D eigenvalue weighted by atomic mass is 9.48. The van der Waals surface area contributed by atoms with Gasteiger partial charge in [0.05, 0.1) is 11.9 Å². The van der Waals surface area contributed by atoms with Crippen molar-refractivity contribution in [3.63, 3.8) is 0 Å². The average Bonchev–Trinajstić information content (AvgIpc) is 3.25. The van der Waals surface area contributed by atoms with Gasteiger partial charge in [-0.05, 0) is 81.0 Å². The van der Waals surface area contributed by atoms with Gasteiger partial charge in [-0.3, -0.25) is 9.52 Å². The van der Waals surface area contributed by atoms with E-state index in [1.807, 2.05) is 19.1 Å². The zero-order valence-electron chi connectivity index (χ0n) is 20.2. The van der Waals surface area contributed by atoms with Crippen LogP contribution in [-0.4, -0.2) is 40.5 Å². The van der Waals surface area contributed by atoms with Gasteiger partial charge in [-0.15, -0.1) is 0 Å². The molecule has 0 aliphatic heterocycles. The van der Waals surface area contributed by atoms with Crippen LogP contribution < -0.4 is 15.0 Å². The van der Waals surface area contributed by atoms with Gasteiger partial charge in [-0.1, -0.05) is 0 Å². The summed E-state index contributed by atoms with van der Waals surface area (Å²) < 4.78 is 34.9. The van der Waals surface area contributed by atoms with Crippen molar-refractivity contribution < 1.29 is 18.3 Å². The van der Waals surface area contributed by atoms with Crippen molar-refractivity contribution in [2.75, 3.05) is 11.0 Å². The fourth-order valence-electron chi connectivity index (χ4n) is 7.08. The summed E-state index contributed by atoms with van der Waals surface area (Å²) in [6.45, 7) is 1.98. The van der Waals surface area contributed by atoms with Crippen LogP contribution in [0.25, 0.3) is 22.0 Å². The van der Waals surface area contributed by atoms with Crippen LogP contribution in [0.2, 0.25) is 0 Å². The predicted molar refractivity (Wildman–Crippen MR) is 135 cm³/mol. The Kier molecular flexibility index (Phi) is 4.77. The second-order valence-corrected chi connectivity index (χ2v) is 12.9. The van der Waals surface area contributed by atoms with Crippen molar-refractivity contribution in [1.29, 1.82) is 0 Å². The van der Waals surface area contributed by atoms with E-state index >= 15 is 0 Å². The summed E-state index contributed by atoms with van der Waals surface area (Å²) in [6, 6.07) is 7.17. The third-order valence-electron chi connectivity index (χ3n) is 8.58. The molecule has 2 unspecified atom stereocenters. The minimum absolute atomic E-state index is 0.134. The zero-order chi connectivity index (χ0) is 24.8. The van der Waals surface area contributed by atoms with E-state index in [9.17, 15) is 18.3 Å². The molecule has 0 spiro atoms. The molecule has 9 heteroatoms. The van der Waals surface area contributed by atoms with Crippen molar-refractivity contribution >= 4 is 26.6 Å². The van der Waals surface area contributed by atoms with Crippen LogP contribution in [0.15, 0.2) is 41.5 Å². The number of anilines is 1.